The number of benzene rings is 1. The molecule has 68 valence electrons. The molecule has 0 aliphatic heterocycles. The molecule has 0 spiro atoms. The molecule has 0 N–H and O–H groups in total. The van der Waals surface area contributed by atoms with Crippen LogP contribution in [0.2, 0.25) is 10.0 Å². The molecule has 0 fully saturated rings. The number of carbonyl (C=O) groups excluding carboxylic acids is 1. The van der Waals surface area contributed by atoms with E-state index in [4.69, 9.17) is 23.2 Å². The molecule has 0 unspecified atom stereocenters. The van der Waals surface area contributed by atoms with Gasteiger partial charge >= 0.3 is 0 Å². The average molecular weight is 280 g/mol. The Morgan fingerprint density at radius 2 is 2.08 bits per heavy atom. The van der Waals surface area contributed by atoms with Crippen molar-refractivity contribution in [1.82, 2.24) is 0 Å². The van der Waals surface area contributed by atoms with Crippen molar-refractivity contribution in [3.63, 3.8) is 0 Å². The predicted molar refractivity (Wildman–Crippen MR) is 59.4 cm³/mol. The molecule has 0 amide bonds. The van der Waals surface area contributed by atoms with E-state index in [1.807, 2.05) is 0 Å². The molecule has 0 aliphatic rings. The third-order valence-electron chi connectivity index (χ3n) is 1.40. The minimum Gasteiger partial charge on any atom is -0.299 e. The van der Waals surface area contributed by atoms with Crippen LogP contribution in [0.15, 0.2) is 24.3 Å². The van der Waals surface area contributed by atoms with E-state index in [0.717, 1.165) is 5.56 Å². The third-order valence-corrected chi connectivity index (χ3v) is 2.64. The van der Waals surface area contributed by atoms with Gasteiger partial charge in [-0.2, -0.15) is 0 Å². The number of allylic oxidation sites excluding steroid dienone is 1. The van der Waals surface area contributed by atoms with Gasteiger partial charge in [0.2, 0.25) is 0 Å². The van der Waals surface area contributed by atoms with Crippen LogP contribution in [0, 0.1) is 0 Å². The standard InChI is InChI=1S/C9H5BrCl2O/c10-8(3-4-13)7-2-1-6(11)5-9(7)12/h1-5H/b8-3-. The SMILES string of the molecule is O=C/C=C(\Br)c1ccc(Cl)cc1Cl. The van der Waals surface area contributed by atoms with Crippen molar-refractivity contribution in [3.05, 3.63) is 39.9 Å². The van der Waals surface area contributed by atoms with Crippen LogP contribution in [0.1, 0.15) is 5.56 Å². The Bertz CT molecular complexity index is 361. The van der Waals surface area contributed by atoms with Gasteiger partial charge in [0.15, 0.2) is 0 Å². The first-order chi connectivity index (χ1) is 6.15. The minimum atomic E-state index is 0.512. The van der Waals surface area contributed by atoms with Gasteiger partial charge in [-0.3, -0.25) is 4.79 Å². The van der Waals surface area contributed by atoms with Crippen LogP contribution >= 0.6 is 39.1 Å². The summed E-state index contributed by atoms with van der Waals surface area (Å²) >= 11 is 14.8. The molecule has 0 radical (unpaired) electrons. The summed E-state index contributed by atoms with van der Waals surface area (Å²) in [5, 5.41) is 1.08. The van der Waals surface area contributed by atoms with E-state index >= 15 is 0 Å². The number of hydrogen-bond acceptors (Lipinski definition) is 1. The van der Waals surface area contributed by atoms with Crippen LogP contribution in [-0.2, 0) is 4.79 Å². The van der Waals surface area contributed by atoms with Crippen LogP contribution in [0.25, 0.3) is 4.48 Å². The Labute approximate surface area is 94.5 Å². The molecule has 13 heavy (non-hydrogen) atoms. The monoisotopic (exact) mass is 278 g/mol. The smallest absolute Gasteiger partial charge is 0.143 e. The van der Waals surface area contributed by atoms with E-state index in [-0.39, 0.29) is 0 Å². The van der Waals surface area contributed by atoms with Crippen LogP contribution in [0.5, 0.6) is 0 Å². The van der Waals surface area contributed by atoms with Crippen LogP contribution in [-0.4, -0.2) is 6.29 Å². The maximum atomic E-state index is 10.2. The quantitative estimate of drug-likeness (QED) is 0.592. The maximum absolute atomic E-state index is 10.2. The van der Waals surface area contributed by atoms with E-state index in [9.17, 15) is 4.79 Å². The molecule has 0 saturated heterocycles. The van der Waals surface area contributed by atoms with E-state index in [2.05, 4.69) is 15.9 Å². The Morgan fingerprint density at radius 1 is 1.38 bits per heavy atom. The van der Waals surface area contributed by atoms with Gasteiger partial charge in [0, 0.05) is 15.1 Å². The summed E-state index contributed by atoms with van der Waals surface area (Å²) in [7, 11) is 0. The van der Waals surface area contributed by atoms with Crippen LogP contribution in [0.4, 0.5) is 0 Å². The molecule has 1 rings (SSSR count). The van der Waals surface area contributed by atoms with Gasteiger partial charge in [0.1, 0.15) is 6.29 Å². The number of carbonyl (C=O) groups is 1. The summed E-state index contributed by atoms with van der Waals surface area (Å²) in [6.07, 6.45) is 2.07. The zero-order valence-electron chi connectivity index (χ0n) is 6.43. The topological polar surface area (TPSA) is 17.1 Å². The molecule has 4 heteroatoms. The summed E-state index contributed by atoms with van der Waals surface area (Å²) in [6, 6.07) is 5.08. The summed E-state index contributed by atoms with van der Waals surface area (Å²) in [5.41, 5.74) is 0.748. The van der Waals surface area contributed by atoms with Gasteiger partial charge < -0.3 is 0 Å². The highest BCUT2D eigenvalue weighted by molar-refractivity contribution is 9.15. The summed E-state index contributed by atoms with van der Waals surface area (Å²) in [4.78, 5) is 10.2. The zero-order chi connectivity index (χ0) is 9.84. The van der Waals surface area contributed by atoms with Crippen molar-refractivity contribution in [2.45, 2.75) is 0 Å². The van der Waals surface area contributed by atoms with Gasteiger partial charge in [-0.05, 0) is 18.2 Å². The number of rotatable bonds is 2. The lowest BCUT2D eigenvalue weighted by Crippen LogP contribution is -1.79. The summed E-state index contributed by atoms with van der Waals surface area (Å²) < 4.78 is 0.643. The summed E-state index contributed by atoms with van der Waals surface area (Å²) in [5.74, 6) is 0. The van der Waals surface area contributed by atoms with Gasteiger partial charge in [-0.15, -0.1) is 0 Å². The lowest BCUT2D eigenvalue weighted by Gasteiger charge is -2.01. The highest BCUT2D eigenvalue weighted by atomic mass is 79.9. The number of aldehydes is 1. The second-order valence-electron chi connectivity index (χ2n) is 2.27. The van der Waals surface area contributed by atoms with Crippen LogP contribution < -0.4 is 0 Å². The molecule has 1 aromatic carbocycles. The van der Waals surface area contributed by atoms with E-state index in [1.165, 1.54) is 6.08 Å². The molecule has 1 nitrogen and oxygen atoms in total. The van der Waals surface area contributed by atoms with E-state index < -0.39 is 0 Å². The molecule has 0 aromatic heterocycles. The Balaban J connectivity index is 3.15. The fraction of sp³-hybridized carbons (Fsp3) is 0. The fourth-order valence-electron chi connectivity index (χ4n) is 0.833. The second-order valence-corrected chi connectivity index (χ2v) is 3.97. The van der Waals surface area contributed by atoms with Gasteiger partial charge in [-0.1, -0.05) is 45.2 Å². The third kappa shape index (κ3) is 2.83. The molecular formula is C9H5BrCl2O. The summed E-state index contributed by atoms with van der Waals surface area (Å²) in [6.45, 7) is 0. The normalized spacial score (nSPS) is 11.5. The Hall–Kier alpha value is -0.310. The molecule has 0 atom stereocenters. The van der Waals surface area contributed by atoms with E-state index in [0.29, 0.717) is 20.8 Å². The molecule has 0 bridgehead atoms. The number of halogens is 3. The van der Waals surface area contributed by atoms with Crippen molar-refractivity contribution in [3.8, 4) is 0 Å². The highest BCUT2D eigenvalue weighted by Gasteiger charge is 2.03. The first-order valence-corrected chi connectivity index (χ1v) is 4.96. The first-order valence-electron chi connectivity index (χ1n) is 3.41. The van der Waals surface area contributed by atoms with Crippen molar-refractivity contribution in [2.75, 3.05) is 0 Å². The predicted octanol–water partition coefficient (Wildman–Crippen LogP) is 3.93. The van der Waals surface area contributed by atoms with Crippen molar-refractivity contribution in [1.29, 1.82) is 0 Å². The lowest BCUT2D eigenvalue weighted by molar-refractivity contribution is -0.104. The average Bonchev–Trinajstić information content (AvgIpc) is 2.04. The number of hydrogen-bond donors (Lipinski definition) is 0. The van der Waals surface area contributed by atoms with Gasteiger partial charge in [0.25, 0.3) is 0 Å². The van der Waals surface area contributed by atoms with Crippen LogP contribution in [0.3, 0.4) is 0 Å². The van der Waals surface area contributed by atoms with Crippen molar-refractivity contribution in [2.24, 2.45) is 0 Å². The lowest BCUT2D eigenvalue weighted by atomic mass is 10.2. The maximum Gasteiger partial charge on any atom is 0.143 e. The first kappa shape index (κ1) is 10.8. The molecular weight excluding hydrogens is 275 g/mol. The van der Waals surface area contributed by atoms with Crippen molar-refractivity contribution < 1.29 is 4.79 Å². The molecule has 0 saturated carbocycles. The Morgan fingerprint density at radius 3 is 2.62 bits per heavy atom. The second kappa shape index (κ2) is 4.80. The zero-order valence-corrected chi connectivity index (χ0v) is 9.53. The fourth-order valence-corrected chi connectivity index (χ4v) is 1.91. The van der Waals surface area contributed by atoms with Gasteiger partial charge in [-0.25, -0.2) is 0 Å². The minimum absolute atomic E-state index is 0.512. The molecule has 1 aromatic rings. The van der Waals surface area contributed by atoms with Gasteiger partial charge in [0.05, 0.1) is 5.02 Å². The van der Waals surface area contributed by atoms with E-state index in [1.54, 1.807) is 18.2 Å². The van der Waals surface area contributed by atoms with Crippen molar-refractivity contribution >= 4 is 49.9 Å². The Kier molecular flexibility index (Phi) is 3.97. The molecule has 0 aliphatic carbocycles. The largest absolute Gasteiger partial charge is 0.299 e. The highest BCUT2D eigenvalue weighted by Crippen LogP contribution is 2.29. The molecule has 0 heterocycles.